The molecular weight excluding hydrogens is 222 g/mol. The van der Waals surface area contributed by atoms with Gasteiger partial charge in [-0.3, -0.25) is 0 Å². The van der Waals surface area contributed by atoms with Gasteiger partial charge in [-0.1, -0.05) is 46.4 Å². The van der Waals surface area contributed by atoms with Gasteiger partial charge in [0.05, 0.1) is 6.42 Å². The van der Waals surface area contributed by atoms with E-state index in [2.05, 4.69) is 0 Å². The molecule has 1 rings (SSSR count). The summed E-state index contributed by atoms with van der Waals surface area (Å²) in [5.41, 5.74) is 0. The van der Waals surface area contributed by atoms with Crippen molar-refractivity contribution < 1.29 is 9.47 Å². The molecule has 1 aliphatic heterocycles. The summed E-state index contributed by atoms with van der Waals surface area (Å²) in [6.45, 7) is -0.0972. The first-order chi connectivity index (χ1) is 4.41. The Morgan fingerprint density at radius 1 is 0.900 bits per heavy atom. The van der Waals surface area contributed by atoms with Gasteiger partial charge in [0.2, 0.25) is 9.04 Å². The Morgan fingerprint density at radius 3 is 1.50 bits per heavy atom. The maximum atomic E-state index is 5.55. The van der Waals surface area contributed by atoms with Crippen molar-refractivity contribution in [1.82, 2.24) is 0 Å². The zero-order valence-electron chi connectivity index (χ0n) is 4.74. The van der Waals surface area contributed by atoms with Gasteiger partial charge in [-0.15, -0.1) is 0 Å². The Labute approximate surface area is 78.3 Å². The summed E-state index contributed by atoms with van der Waals surface area (Å²) < 4.78 is 6.82. The molecule has 10 heavy (non-hydrogen) atoms. The molecule has 0 unspecified atom stereocenters. The monoisotopic (exact) mass is 224 g/mol. The molecule has 0 atom stereocenters. The molecule has 6 heteroatoms. The third-order valence-corrected chi connectivity index (χ3v) is 1.92. The van der Waals surface area contributed by atoms with Crippen LogP contribution in [0.25, 0.3) is 0 Å². The number of alkyl halides is 4. The molecule has 60 valence electrons. The van der Waals surface area contributed by atoms with Crippen LogP contribution in [0, 0.1) is 0 Å². The zero-order chi connectivity index (χ0) is 7.83. The van der Waals surface area contributed by atoms with Gasteiger partial charge < -0.3 is 9.47 Å². The van der Waals surface area contributed by atoms with Gasteiger partial charge in [0, 0.05) is 0 Å². The minimum Gasteiger partial charge on any atom is -0.319 e. The lowest BCUT2D eigenvalue weighted by Crippen LogP contribution is -2.37. The van der Waals surface area contributed by atoms with E-state index in [4.69, 9.17) is 55.9 Å². The summed E-state index contributed by atoms with van der Waals surface area (Å²) in [7, 11) is 0. The number of hydrogen-bond acceptors (Lipinski definition) is 2. The minimum atomic E-state index is -1.33. The number of ether oxygens (including phenoxy) is 2. The fraction of sp³-hybridized carbons (Fsp3) is 1.00. The van der Waals surface area contributed by atoms with Crippen LogP contribution in [0.4, 0.5) is 0 Å². The molecule has 0 aliphatic carbocycles. The molecule has 0 aromatic carbocycles. The van der Waals surface area contributed by atoms with Crippen LogP contribution in [0.3, 0.4) is 0 Å². The molecule has 2 nitrogen and oxygen atoms in total. The summed E-state index contributed by atoms with van der Waals surface area (Å²) in [5, 5.41) is 0. The second-order valence-corrected chi connectivity index (χ2v) is 4.69. The zero-order valence-corrected chi connectivity index (χ0v) is 7.77. The van der Waals surface area contributed by atoms with E-state index in [-0.39, 0.29) is 13.2 Å². The Hall–Kier alpha value is 1.08. The first-order valence-corrected chi connectivity index (χ1v) is 3.96. The summed E-state index contributed by atoms with van der Waals surface area (Å²) in [6.07, 6.45) is 0.0201. The predicted octanol–water partition coefficient (Wildman–Crippen LogP) is 2.64. The van der Waals surface area contributed by atoms with Crippen LogP contribution in [0.5, 0.6) is 0 Å². The van der Waals surface area contributed by atoms with E-state index >= 15 is 0 Å². The summed E-state index contributed by atoms with van der Waals surface area (Å²) in [6, 6.07) is 0. The molecule has 0 radical (unpaired) electrons. The van der Waals surface area contributed by atoms with Gasteiger partial charge in [0.15, 0.2) is 6.79 Å². The summed E-state index contributed by atoms with van der Waals surface area (Å²) in [5.74, 6) is 0. The molecule has 0 amide bonds. The molecule has 0 spiro atoms. The maximum absolute atomic E-state index is 5.55. The fourth-order valence-electron chi connectivity index (χ4n) is 0.544. The van der Waals surface area contributed by atoms with Gasteiger partial charge in [-0.2, -0.15) is 0 Å². The number of hydrogen-bond donors (Lipinski definition) is 0. The van der Waals surface area contributed by atoms with Gasteiger partial charge in [0.1, 0.15) is 0 Å². The SMILES string of the molecule is ClC1(Cl)CC(Cl)(Cl)OCO1. The topological polar surface area (TPSA) is 18.5 Å². The van der Waals surface area contributed by atoms with Crippen molar-refractivity contribution in [2.24, 2.45) is 0 Å². The molecule has 0 aromatic rings. The van der Waals surface area contributed by atoms with Crippen LogP contribution < -0.4 is 0 Å². The van der Waals surface area contributed by atoms with Gasteiger partial charge in [0.25, 0.3) is 0 Å². The quantitative estimate of drug-likeness (QED) is 0.591. The summed E-state index contributed by atoms with van der Waals surface area (Å²) >= 11 is 22.2. The van der Waals surface area contributed by atoms with Gasteiger partial charge >= 0.3 is 0 Å². The number of rotatable bonds is 0. The molecule has 1 saturated heterocycles. The second-order valence-electron chi connectivity index (χ2n) is 1.86. The molecule has 1 heterocycles. The van der Waals surface area contributed by atoms with Crippen molar-refractivity contribution in [1.29, 1.82) is 0 Å². The van der Waals surface area contributed by atoms with Crippen molar-refractivity contribution in [3.05, 3.63) is 0 Å². The second kappa shape index (κ2) is 2.85. The van der Waals surface area contributed by atoms with Crippen LogP contribution in [-0.2, 0) is 9.47 Å². The van der Waals surface area contributed by atoms with Crippen molar-refractivity contribution in [3.8, 4) is 0 Å². The Balaban J connectivity index is 2.56. The van der Waals surface area contributed by atoms with E-state index in [9.17, 15) is 0 Å². The van der Waals surface area contributed by atoms with E-state index in [0.29, 0.717) is 0 Å². The van der Waals surface area contributed by atoms with Crippen LogP contribution in [-0.4, -0.2) is 15.8 Å². The lowest BCUT2D eigenvalue weighted by molar-refractivity contribution is -0.156. The van der Waals surface area contributed by atoms with Crippen LogP contribution in [0.1, 0.15) is 6.42 Å². The van der Waals surface area contributed by atoms with Gasteiger partial charge in [-0.05, 0) is 0 Å². The lowest BCUT2D eigenvalue weighted by Gasteiger charge is -2.33. The average molecular weight is 226 g/mol. The third kappa shape index (κ3) is 2.61. The van der Waals surface area contributed by atoms with Crippen molar-refractivity contribution in [2.75, 3.05) is 6.79 Å². The first-order valence-electron chi connectivity index (χ1n) is 2.45. The Morgan fingerprint density at radius 2 is 1.30 bits per heavy atom. The molecule has 0 bridgehead atoms. The van der Waals surface area contributed by atoms with Gasteiger partial charge in [-0.25, -0.2) is 0 Å². The van der Waals surface area contributed by atoms with E-state index in [1.165, 1.54) is 0 Å². The third-order valence-electron chi connectivity index (χ3n) is 0.952. The van der Waals surface area contributed by atoms with Crippen molar-refractivity contribution in [3.63, 3.8) is 0 Å². The minimum absolute atomic E-state index is 0.0201. The highest BCUT2D eigenvalue weighted by Crippen LogP contribution is 2.42. The normalized spacial score (nSPS) is 30.0. The largest absolute Gasteiger partial charge is 0.319 e. The van der Waals surface area contributed by atoms with E-state index in [1.54, 1.807) is 0 Å². The van der Waals surface area contributed by atoms with Crippen LogP contribution >= 0.6 is 46.4 Å². The first kappa shape index (κ1) is 9.17. The summed E-state index contributed by atoms with van der Waals surface area (Å²) in [4.78, 5) is 0. The molecule has 1 aliphatic rings. The Kier molecular flexibility index (Phi) is 2.61. The molecule has 0 saturated carbocycles. The van der Waals surface area contributed by atoms with Crippen molar-refractivity contribution >= 4 is 46.4 Å². The predicted molar refractivity (Wildman–Crippen MR) is 40.5 cm³/mol. The fourth-order valence-corrected chi connectivity index (χ4v) is 1.75. The molecule has 0 N–H and O–H groups in total. The smallest absolute Gasteiger partial charge is 0.224 e. The Bertz CT molecular complexity index is 121. The van der Waals surface area contributed by atoms with Crippen molar-refractivity contribution in [2.45, 2.75) is 15.5 Å². The molecule has 1 fully saturated rings. The standard InChI is InChI=1S/C4H4Cl4O2/c5-3(6)1-4(7,8)10-2-9-3/h1-2H2. The lowest BCUT2D eigenvalue weighted by atomic mass is 10.4. The highest BCUT2D eigenvalue weighted by atomic mass is 35.5. The van der Waals surface area contributed by atoms with E-state index < -0.39 is 9.04 Å². The highest BCUT2D eigenvalue weighted by molar-refractivity contribution is 6.51. The number of halogens is 4. The molecular formula is C4H4Cl4O2. The van der Waals surface area contributed by atoms with E-state index in [1.807, 2.05) is 0 Å². The van der Waals surface area contributed by atoms with E-state index in [0.717, 1.165) is 0 Å². The maximum Gasteiger partial charge on any atom is 0.224 e. The average Bonchev–Trinajstić information content (AvgIpc) is 1.56. The molecule has 0 aromatic heterocycles. The van der Waals surface area contributed by atoms with Crippen LogP contribution in [0.2, 0.25) is 0 Å². The van der Waals surface area contributed by atoms with Crippen LogP contribution in [0.15, 0.2) is 0 Å². The highest BCUT2D eigenvalue weighted by Gasteiger charge is 2.42.